The molecule has 8 nitrogen and oxygen atoms in total. The van der Waals surface area contributed by atoms with Gasteiger partial charge in [0.15, 0.2) is 0 Å². The van der Waals surface area contributed by atoms with Gasteiger partial charge in [0.1, 0.15) is 5.82 Å². The van der Waals surface area contributed by atoms with Crippen LogP contribution in [0.4, 0.5) is 0 Å². The molecule has 0 N–H and O–H groups in total. The molecule has 2 heterocycles. The second kappa shape index (κ2) is 10.9. The lowest BCUT2D eigenvalue weighted by Gasteiger charge is -2.18. The summed E-state index contributed by atoms with van der Waals surface area (Å²) in [5, 5.41) is 0. The van der Waals surface area contributed by atoms with E-state index in [1.807, 2.05) is 32.0 Å². The van der Waals surface area contributed by atoms with E-state index in [1.165, 1.54) is 4.31 Å². The first-order valence-corrected chi connectivity index (χ1v) is 12.9. The third kappa shape index (κ3) is 5.59. The molecular formula is C24H33N5O3S. The molecule has 2 aromatic heterocycles. The summed E-state index contributed by atoms with van der Waals surface area (Å²) in [6.07, 6.45) is 5.17. The minimum absolute atomic E-state index is 0.0340. The average Bonchev–Trinajstić information content (AvgIpc) is 3.15. The molecule has 1 amide bonds. The van der Waals surface area contributed by atoms with Crippen LogP contribution in [0.2, 0.25) is 0 Å². The van der Waals surface area contributed by atoms with Crippen molar-refractivity contribution in [3.8, 4) is 0 Å². The molecule has 0 bridgehead atoms. The van der Waals surface area contributed by atoms with Gasteiger partial charge in [-0.25, -0.2) is 13.4 Å². The van der Waals surface area contributed by atoms with Crippen LogP contribution in [0.15, 0.2) is 47.6 Å². The molecule has 0 atom stereocenters. The molecule has 0 saturated carbocycles. The van der Waals surface area contributed by atoms with Crippen molar-refractivity contribution < 1.29 is 13.2 Å². The van der Waals surface area contributed by atoms with Crippen LogP contribution < -0.4 is 0 Å². The zero-order valence-electron chi connectivity index (χ0n) is 19.9. The van der Waals surface area contributed by atoms with Crippen molar-refractivity contribution in [1.82, 2.24) is 23.7 Å². The largest absolute Gasteiger partial charge is 0.341 e. The number of aromatic nitrogens is 3. The zero-order valence-corrected chi connectivity index (χ0v) is 20.7. The fourth-order valence-electron chi connectivity index (χ4n) is 3.96. The Morgan fingerprint density at radius 2 is 1.76 bits per heavy atom. The minimum atomic E-state index is -3.56. The summed E-state index contributed by atoms with van der Waals surface area (Å²) < 4.78 is 29.4. The summed E-state index contributed by atoms with van der Waals surface area (Å²) in [4.78, 5) is 23.4. The Bertz CT molecular complexity index is 1190. The summed E-state index contributed by atoms with van der Waals surface area (Å²) in [6, 6.07) is 8.93. The maximum atomic E-state index is 12.9. The Hall–Kier alpha value is -2.78. The molecule has 0 aliphatic heterocycles. The second-order valence-corrected chi connectivity index (χ2v) is 9.96. The molecule has 0 spiro atoms. The Balaban J connectivity index is 1.82. The molecule has 33 heavy (non-hydrogen) atoms. The Morgan fingerprint density at radius 3 is 2.39 bits per heavy atom. The summed E-state index contributed by atoms with van der Waals surface area (Å²) in [7, 11) is -1.76. The summed E-state index contributed by atoms with van der Waals surface area (Å²) in [6.45, 7) is 7.87. The minimum Gasteiger partial charge on any atom is -0.341 e. The lowest BCUT2D eigenvalue weighted by molar-refractivity contribution is -0.130. The van der Waals surface area contributed by atoms with E-state index in [0.717, 1.165) is 29.9 Å². The molecule has 3 aromatic rings. The first-order chi connectivity index (χ1) is 15.8. The third-order valence-electron chi connectivity index (χ3n) is 5.75. The zero-order chi connectivity index (χ0) is 24.0. The summed E-state index contributed by atoms with van der Waals surface area (Å²) in [5.74, 6) is 0.835. The predicted octanol–water partition coefficient (Wildman–Crippen LogP) is 3.46. The molecule has 0 fully saturated rings. The molecule has 3 rings (SSSR count). The van der Waals surface area contributed by atoms with Crippen molar-refractivity contribution in [2.75, 3.05) is 20.1 Å². The normalized spacial score (nSPS) is 11.9. The van der Waals surface area contributed by atoms with Crippen LogP contribution in [0.5, 0.6) is 0 Å². The molecule has 9 heteroatoms. The number of imidazole rings is 1. The van der Waals surface area contributed by atoms with Gasteiger partial charge < -0.3 is 9.47 Å². The van der Waals surface area contributed by atoms with E-state index >= 15 is 0 Å². The van der Waals surface area contributed by atoms with Crippen molar-refractivity contribution in [1.29, 1.82) is 0 Å². The maximum Gasteiger partial charge on any atom is 0.243 e. The summed E-state index contributed by atoms with van der Waals surface area (Å²) in [5.41, 5.74) is 2.56. The molecule has 0 radical (unpaired) electrons. The highest BCUT2D eigenvalue weighted by atomic mass is 32.2. The monoisotopic (exact) mass is 471 g/mol. The number of pyridine rings is 1. The predicted molar refractivity (Wildman–Crippen MR) is 129 cm³/mol. The highest BCUT2D eigenvalue weighted by Gasteiger charge is 2.23. The molecule has 1 aromatic carbocycles. The number of rotatable bonds is 11. The highest BCUT2D eigenvalue weighted by molar-refractivity contribution is 7.89. The van der Waals surface area contributed by atoms with Crippen molar-refractivity contribution >= 4 is 27.0 Å². The van der Waals surface area contributed by atoms with E-state index < -0.39 is 10.0 Å². The van der Waals surface area contributed by atoms with Gasteiger partial charge in [0, 0.05) is 58.5 Å². The number of hydrogen-bond donors (Lipinski definition) is 0. The smallest absolute Gasteiger partial charge is 0.243 e. The van der Waals surface area contributed by atoms with Crippen molar-refractivity contribution in [2.45, 2.75) is 58.0 Å². The van der Waals surface area contributed by atoms with E-state index in [9.17, 15) is 13.2 Å². The van der Waals surface area contributed by atoms with Crippen LogP contribution in [0.25, 0.3) is 11.0 Å². The Morgan fingerprint density at radius 1 is 1.06 bits per heavy atom. The van der Waals surface area contributed by atoms with Crippen molar-refractivity contribution in [3.63, 3.8) is 0 Å². The number of carbonyl (C=O) groups is 1. The lowest BCUT2D eigenvalue weighted by Crippen LogP contribution is -2.30. The number of nitrogens with zero attached hydrogens (tertiary/aromatic N) is 5. The van der Waals surface area contributed by atoms with Gasteiger partial charge in [-0.3, -0.25) is 9.78 Å². The number of fused-ring (bicyclic) bond motifs is 1. The number of aryl methyl sites for hydroxylation is 2. The Kier molecular flexibility index (Phi) is 8.20. The van der Waals surface area contributed by atoms with Gasteiger partial charge in [-0.05, 0) is 42.3 Å². The van der Waals surface area contributed by atoms with Crippen LogP contribution in [0, 0.1) is 0 Å². The molecular weight excluding hydrogens is 438 g/mol. The van der Waals surface area contributed by atoms with Gasteiger partial charge in [-0.1, -0.05) is 20.8 Å². The first-order valence-electron chi connectivity index (χ1n) is 11.4. The standard InChI is InChI=1S/C24H33N5O3S/c1-5-16-29-22-9-8-20(33(31,32)28(6-2)7-3)17-21(22)26-23(29)10-11-24(30)27(4)18-19-12-14-25-15-13-19/h8-9,12-15,17H,5-7,10-11,16,18H2,1-4H3. The fraction of sp³-hybridized carbons (Fsp3) is 0.458. The molecule has 178 valence electrons. The molecule has 0 aliphatic carbocycles. The van der Waals surface area contributed by atoms with Crippen LogP contribution >= 0.6 is 0 Å². The van der Waals surface area contributed by atoms with Gasteiger partial charge >= 0.3 is 0 Å². The number of benzene rings is 1. The van der Waals surface area contributed by atoms with Gasteiger partial charge in [-0.15, -0.1) is 0 Å². The first kappa shape index (κ1) is 24.9. The van der Waals surface area contributed by atoms with Crippen molar-refractivity contribution in [2.24, 2.45) is 0 Å². The van der Waals surface area contributed by atoms with Crippen LogP contribution in [-0.2, 0) is 34.3 Å². The quantitative estimate of drug-likeness (QED) is 0.427. The van der Waals surface area contributed by atoms with E-state index in [-0.39, 0.29) is 10.8 Å². The Labute approximate surface area is 196 Å². The fourth-order valence-corrected chi connectivity index (χ4v) is 5.43. The van der Waals surface area contributed by atoms with Crippen LogP contribution in [0.3, 0.4) is 0 Å². The topological polar surface area (TPSA) is 88.4 Å². The average molecular weight is 472 g/mol. The number of carbonyl (C=O) groups excluding carboxylic acids is 1. The van der Waals surface area contributed by atoms with Gasteiger partial charge in [0.25, 0.3) is 0 Å². The third-order valence-corrected chi connectivity index (χ3v) is 7.79. The number of hydrogen-bond acceptors (Lipinski definition) is 5. The molecule has 0 unspecified atom stereocenters. The van der Waals surface area contributed by atoms with E-state index in [0.29, 0.717) is 38.0 Å². The van der Waals surface area contributed by atoms with Gasteiger partial charge in [0.05, 0.1) is 15.9 Å². The van der Waals surface area contributed by atoms with Gasteiger partial charge in [0.2, 0.25) is 15.9 Å². The maximum absolute atomic E-state index is 12.9. The van der Waals surface area contributed by atoms with Gasteiger partial charge in [-0.2, -0.15) is 4.31 Å². The second-order valence-electron chi connectivity index (χ2n) is 8.02. The van der Waals surface area contributed by atoms with E-state index in [4.69, 9.17) is 4.98 Å². The van der Waals surface area contributed by atoms with Crippen LogP contribution in [-0.4, -0.2) is 58.2 Å². The van der Waals surface area contributed by atoms with E-state index in [2.05, 4.69) is 16.5 Å². The lowest BCUT2D eigenvalue weighted by atomic mass is 10.2. The SMILES string of the molecule is CCCn1c(CCC(=O)N(C)Cc2ccncc2)nc2cc(S(=O)(=O)N(CC)CC)ccc21. The number of amides is 1. The highest BCUT2D eigenvalue weighted by Crippen LogP contribution is 2.24. The van der Waals surface area contributed by atoms with Crippen LogP contribution in [0.1, 0.15) is 45.0 Å². The number of sulfonamides is 1. The van der Waals surface area contributed by atoms with Crippen molar-refractivity contribution in [3.05, 3.63) is 54.1 Å². The molecule has 0 aliphatic rings. The summed E-state index contributed by atoms with van der Waals surface area (Å²) >= 11 is 0. The van der Waals surface area contributed by atoms with E-state index in [1.54, 1.807) is 36.5 Å². The molecule has 0 saturated heterocycles.